The van der Waals surface area contributed by atoms with Gasteiger partial charge in [0.25, 0.3) is 0 Å². The first-order chi connectivity index (χ1) is 19.5. The maximum Gasteiger partial charge on any atom is 0.527 e. The van der Waals surface area contributed by atoms with Gasteiger partial charge in [-0.1, -0.05) is 96.5 Å². The van der Waals surface area contributed by atoms with Crippen molar-refractivity contribution in [2.24, 2.45) is 0 Å². The quantitative estimate of drug-likeness (QED) is 0.0730. The number of nitrogens with zero attached hydrogens (tertiary/aromatic N) is 1. The van der Waals surface area contributed by atoms with Crippen molar-refractivity contribution in [1.82, 2.24) is 0 Å². The summed E-state index contributed by atoms with van der Waals surface area (Å²) in [6.45, 7) is 3.83. The second kappa shape index (κ2) is 21.9. The van der Waals surface area contributed by atoms with Crippen molar-refractivity contribution < 1.29 is 32.5 Å². The summed E-state index contributed by atoms with van der Waals surface area (Å²) < 4.78 is 35.9. The van der Waals surface area contributed by atoms with Crippen LogP contribution >= 0.6 is 7.82 Å². The number of phosphoric acid groups is 1. The molecule has 8 heteroatoms. The minimum absolute atomic E-state index is 0.0915. The molecule has 1 N–H and O–H groups in total. The summed E-state index contributed by atoms with van der Waals surface area (Å²) in [7, 11) is -2.74. The summed E-state index contributed by atoms with van der Waals surface area (Å²) in [5.41, 5.74) is 1.05. The maximum atomic E-state index is 12.4. The zero-order valence-corrected chi connectivity index (χ0v) is 25.8. The van der Waals surface area contributed by atoms with Crippen LogP contribution in [0.4, 0.5) is 0 Å². The average Bonchev–Trinajstić information content (AvgIpc) is 2.96. The second-order valence-corrected chi connectivity index (χ2v) is 12.0. The van der Waals surface area contributed by atoms with E-state index in [2.05, 4.69) is 6.92 Å². The fourth-order valence-corrected chi connectivity index (χ4v) is 5.34. The van der Waals surface area contributed by atoms with Crippen LogP contribution in [0.25, 0.3) is 0 Å². The molecule has 2 rings (SSSR count). The Morgan fingerprint density at radius 3 is 1.88 bits per heavy atom. The van der Waals surface area contributed by atoms with E-state index < -0.39 is 13.9 Å². The molecule has 1 heterocycles. The standard InChI is InChI=1S/C32H52NO6P/c1-3-4-5-6-7-8-9-10-11-12-13-14-15-19-26-37-28-32(36-2)29-38-40(34,35)39-31-22-20-30(21-23-31)27-33-24-17-16-18-25-33/h16-18,20-25,32H,3-15,19,26-29H2,1-2H3/p+1. The molecule has 0 aliphatic rings. The number of hydrogen-bond acceptors (Lipinski definition) is 5. The van der Waals surface area contributed by atoms with Crippen molar-refractivity contribution in [1.29, 1.82) is 0 Å². The lowest BCUT2D eigenvalue weighted by molar-refractivity contribution is -0.688. The first-order valence-corrected chi connectivity index (χ1v) is 16.8. The summed E-state index contributed by atoms with van der Waals surface area (Å²) in [5, 5.41) is 0. The third-order valence-electron chi connectivity index (χ3n) is 6.99. The van der Waals surface area contributed by atoms with Crippen molar-refractivity contribution in [3.05, 3.63) is 60.4 Å². The normalized spacial score (nSPS) is 13.7. The smallest absolute Gasteiger partial charge is 0.404 e. The molecule has 1 aromatic carbocycles. The number of benzene rings is 1. The minimum atomic E-state index is -4.28. The minimum Gasteiger partial charge on any atom is -0.404 e. The van der Waals surface area contributed by atoms with Crippen LogP contribution in [0.5, 0.6) is 5.75 Å². The van der Waals surface area contributed by atoms with E-state index in [1.807, 2.05) is 47.3 Å². The number of methoxy groups -OCH3 is 1. The lowest BCUT2D eigenvalue weighted by Crippen LogP contribution is -2.32. The van der Waals surface area contributed by atoms with Gasteiger partial charge >= 0.3 is 7.82 Å². The first-order valence-electron chi connectivity index (χ1n) is 15.3. The largest absolute Gasteiger partial charge is 0.527 e. The van der Waals surface area contributed by atoms with E-state index in [1.54, 1.807) is 12.1 Å². The topological polar surface area (TPSA) is 78.1 Å². The zero-order valence-electron chi connectivity index (χ0n) is 24.9. The van der Waals surface area contributed by atoms with Crippen molar-refractivity contribution in [3.8, 4) is 5.75 Å². The third kappa shape index (κ3) is 17.1. The molecule has 2 unspecified atom stereocenters. The number of phosphoric ester groups is 1. The van der Waals surface area contributed by atoms with Crippen molar-refractivity contribution >= 4 is 7.82 Å². The molecular weight excluding hydrogens is 525 g/mol. The highest BCUT2D eigenvalue weighted by Crippen LogP contribution is 2.44. The Kier molecular flexibility index (Phi) is 18.9. The molecule has 0 aliphatic heterocycles. The molecule has 0 radical (unpaired) electrons. The second-order valence-electron chi connectivity index (χ2n) is 10.6. The molecule has 0 spiro atoms. The van der Waals surface area contributed by atoms with Crippen LogP contribution in [0.1, 0.15) is 102 Å². The number of ether oxygens (including phenoxy) is 2. The molecule has 0 fully saturated rings. The van der Waals surface area contributed by atoms with Gasteiger partial charge in [-0.25, -0.2) is 9.13 Å². The zero-order chi connectivity index (χ0) is 28.7. The van der Waals surface area contributed by atoms with Gasteiger partial charge in [-0.15, -0.1) is 0 Å². The molecular formula is C32H53NO6P+. The molecule has 0 amide bonds. The Labute approximate surface area is 242 Å². The Morgan fingerprint density at radius 2 is 1.32 bits per heavy atom. The van der Waals surface area contributed by atoms with Gasteiger partial charge < -0.3 is 14.0 Å². The van der Waals surface area contributed by atoms with Gasteiger partial charge in [-0.3, -0.25) is 9.42 Å². The highest BCUT2D eigenvalue weighted by atomic mass is 31.2. The number of pyridine rings is 1. The van der Waals surface area contributed by atoms with E-state index in [0.29, 0.717) is 19.8 Å². The fourth-order valence-electron chi connectivity index (χ4n) is 4.54. The Morgan fingerprint density at radius 1 is 0.775 bits per heavy atom. The van der Waals surface area contributed by atoms with Crippen LogP contribution in [-0.2, 0) is 25.1 Å². The van der Waals surface area contributed by atoms with E-state index in [9.17, 15) is 9.46 Å². The number of rotatable bonds is 25. The van der Waals surface area contributed by atoms with E-state index in [-0.39, 0.29) is 12.4 Å². The summed E-state index contributed by atoms with van der Waals surface area (Å²) in [6.07, 6.45) is 22.0. The third-order valence-corrected chi connectivity index (χ3v) is 7.91. The van der Waals surface area contributed by atoms with Gasteiger partial charge in [0, 0.05) is 31.4 Å². The van der Waals surface area contributed by atoms with Gasteiger partial charge in [0.15, 0.2) is 18.9 Å². The maximum absolute atomic E-state index is 12.4. The molecule has 2 aromatic rings. The molecule has 0 aliphatic carbocycles. The van der Waals surface area contributed by atoms with Gasteiger partial charge in [0.2, 0.25) is 0 Å². The van der Waals surface area contributed by atoms with Crippen LogP contribution in [0.2, 0.25) is 0 Å². The van der Waals surface area contributed by atoms with Crippen LogP contribution in [-0.4, -0.2) is 37.9 Å². The van der Waals surface area contributed by atoms with E-state index in [1.165, 1.54) is 84.2 Å². The lowest BCUT2D eigenvalue weighted by atomic mass is 10.0. The van der Waals surface area contributed by atoms with Crippen molar-refractivity contribution in [2.75, 3.05) is 26.9 Å². The molecule has 0 bridgehead atoms. The Hall–Kier alpha value is -1.76. The van der Waals surface area contributed by atoms with Crippen LogP contribution in [0.15, 0.2) is 54.9 Å². The summed E-state index contributed by atoms with van der Waals surface area (Å²) in [6, 6.07) is 13.0. The number of hydrogen-bond donors (Lipinski definition) is 1. The SMILES string of the molecule is CCCCCCCCCCCCCCCCOCC(COP(=O)(O)Oc1ccc(C[n+]2ccccc2)cc1)OC. The molecule has 0 saturated heterocycles. The van der Waals surface area contributed by atoms with Gasteiger partial charge in [-0.2, -0.15) is 0 Å². The summed E-state index contributed by atoms with van der Waals surface area (Å²) in [4.78, 5) is 10.1. The highest BCUT2D eigenvalue weighted by molar-refractivity contribution is 7.47. The van der Waals surface area contributed by atoms with E-state index in [0.717, 1.165) is 18.4 Å². The number of unbranched alkanes of at least 4 members (excludes halogenated alkanes) is 13. The predicted octanol–water partition coefficient (Wildman–Crippen LogP) is 8.03. The monoisotopic (exact) mass is 578 g/mol. The van der Waals surface area contributed by atoms with Crippen molar-refractivity contribution in [2.45, 2.75) is 109 Å². The molecule has 40 heavy (non-hydrogen) atoms. The fraction of sp³-hybridized carbons (Fsp3) is 0.656. The Balaban J connectivity index is 1.48. The van der Waals surface area contributed by atoms with Crippen LogP contribution < -0.4 is 9.09 Å². The highest BCUT2D eigenvalue weighted by Gasteiger charge is 2.25. The molecule has 7 nitrogen and oxygen atoms in total. The van der Waals surface area contributed by atoms with Crippen molar-refractivity contribution in [3.63, 3.8) is 0 Å². The molecule has 1 aromatic heterocycles. The van der Waals surface area contributed by atoms with Crippen LogP contribution in [0.3, 0.4) is 0 Å². The lowest BCUT2D eigenvalue weighted by Gasteiger charge is -2.18. The van der Waals surface area contributed by atoms with Gasteiger partial charge in [0.1, 0.15) is 11.9 Å². The van der Waals surface area contributed by atoms with E-state index >= 15 is 0 Å². The van der Waals surface area contributed by atoms with Gasteiger partial charge in [0.05, 0.1) is 13.2 Å². The summed E-state index contributed by atoms with van der Waals surface area (Å²) in [5.74, 6) is 0.274. The molecule has 2 atom stereocenters. The van der Waals surface area contributed by atoms with Gasteiger partial charge in [-0.05, 0) is 30.7 Å². The number of aromatic nitrogens is 1. The Bertz CT molecular complexity index is 911. The predicted molar refractivity (Wildman–Crippen MR) is 161 cm³/mol. The van der Waals surface area contributed by atoms with Crippen LogP contribution in [0, 0.1) is 0 Å². The van der Waals surface area contributed by atoms with E-state index in [4.69, 9.17) is 18.5 Å². The first kappa shape index (κ1) is 34.4. The summed E-state index contributed by atoms with van der Waals surface area (Å²) >= 11 is 0. The molecule has 0 saturated carbocycles. The molecule has 226 valence electrons. The average molecular weight is 579 g/mol.